The normalized spacial score (nSPS) is 33.0. The molecule has 1 heterocycles. The molecule has 0 amide bonds. The molecule has 0 aliphatic carbocycles. The predicted octanol–water partition coefficient (Wildman–Crippen LogP) is -1.12. The van der Waals surface area contributed by atoms with Gasteiger partial charge in [0.15, 0.2) is 6.29 Å². The lowest BCUT2D eigenvalue weighted by Crippen LogP contribution is -2.59. The minimum absolute atomic E-state index is 0.0139. The van der Waals surface area contributed by atoms with Crippen molar-refractivity contribution in [3.8, 4) is 0 Å². The van der Waals surface area contributed by atoms with Crippen molar-refractivity contribution in [2.24, 2.45) is 0 Å². The molecule has 0 saturated carbocycles. The Morgan fingerprint density at radius 3 is 2.52 bits per heavy atom. The van der Waals surface area contributed by atoms with Crippen LogP contribution in [0.2, 0.25) is 0 Å². The Morgan fingerprint density at radius 1 is 1.13 bits per heavy atom. The first kappa shape index (κ1) is 20.3. The van der Waals surface area contributed by atoms with Crippen molar-refractivity contribution in [3.05, 3.63) is 12.3 Å². The van der Waals surface area contributed by atoms with E-state index in [-0.39, 0.29) is 13.2 Å². The molecular weight excluding hydrogens is 308 g/mol. The quantitative estimate of drug-likeness (QED) is 0.251. The standard InChI is InChI=1S/C15H28O8/c1-2-3-4-5-6-21-8-10(17)9-22-15-14(20)13(19)12(18)11(7-16)23-15/h5-6,10-20H,2-4,7-9H2,1H3/t10?,11-,12+,13+,14-,15+/m1/s1. The predicted molar refractivity (Wildman–Crippen MR) is 80.3 cm³/mol. The molecule has 1 rings (SSSR count). The maximum atomic E-state index is 9.76. The molecule has 136 valence electrons. The number of unbranched alkanes of at least 4 members (excludes halogenated alkanes) is 2. The van der Waals surface area contributed by atoms with E-state index in [1.165, 1.54) is 6.26 Å². The van der Waals surface area contributed by atoms with Crippen molar-refractivity contribution in [1.82, 2.24) is 0 Å². The summed E-state index contributed by atoms with van der Waals surface area (Å²) in [5.74, 6) is 0. The Morgan fingerprint density at radius 2 is 1.87 bits per heavy atom. The van der Waals surface area contributed by atoms with Crippen LogP contribution in [0.4, 0.5) is 0 Å². The van der Waals surface area contributed by atoms with E-state index >= 15 is 0 Å². The third kappa shape index (κ3) is 6.72. The van der Waals surface area contributed by atoms with Gasteiger partial charge in [0.05, 0.1) is 19.5 Å². The minimum atomic E-state index is -1.50. The molecule has 0 bridgehead atoms. The van der Waals surface area contributed by atoms with Crippen LogP contribution in [0.5, 0.6) is 0 Å². The molecule has 8 heteroatoms. The molecule has 8 nitrogen and oxygen atoms in total. The van der Waals surface area contributed by atoms with Crippen molar-refractivity contribution in [1.29, 1.82) is 0 Å². The summed E-state index contributed by atoms with van der Waals surface area (Å²) in [6.45, 7) is 1.39. The summed E-state index contributed by atoms with van der Waals surface area (Å²) < 4.78 is 15.5. The number of ether oxygens (including phenoxy) is 3. The second-order valence-corrected chi connectivity index (χ2v) is 5.53. The number of aliphatic hydroxyl groups excluding tert-OH is 5. The molecule has 0 radical (unpaired) electrons. The van der Waals surface area contributed by atoms with Crippen molar-refractivity contribution in [2.75, 3.05) is 19.8 Å². The molecule has 1 fully saturated rings. The summed E-state index contributed by atoms with van der Waals surface area (Å²) in [7, 11) is 0. The number of rotatable bonds is 10. The van der Waals surface area contributed by atoms with Crippen molar-refractivity contribution < 1.29 is 39.7 Å². The number of hydrogen-bond acceptors (Lipinski definition) is 8. The van der Waals surface area contributed by atoms with Gasteiger partial charge in [-0.15, -0.1) is 0 Å². The van der Waals surface area contributed by atoms with Gasteiger partial charge in [-0.3, -0.25) is 0 Å². The van der Waals surface area contributed by atoms with Gasteiger partial charge in [0.25, 0.3) is 0 Å². The number of allylic oxidation sites excluding steroid dienone is 1. The van der Waals surface area contributed by atoms with E-state index in [0.717, 1.165) is 19.3 Å². The summed E-state index contributed by atoms with van der Waals surface area (Å²) in [5.41, 5.74) is 0. The van der Waals surface area contributed by atoms with Crippen molar-refractivity contribution in [3.63, 3.8) is 0 Å². The first-order chi connectivity index (χ1) is 11.0. The van der Waals surface area contributed by atoms with E-state index in [0.29, 0.717) is 0 Å². The Kier molecular flexibility index (Phi) is 9.65. The zero-order valence-corrected chi connectivity index (χ0v) is 13.3. The Balaban J connectivity index is 2.28. The first-order valence-corrected chi connectivity index (χ1v) is 7.88. The monoisotopic (exact) mass is 336 g/mol. The van der Waals surface area contributed by atoms with Gasteiger partial charge in [0, 0.05) is 0 Å². The molecule has 1 saturated heterocycles. The minimum Gasteiger partial charge on any atom is -0.499 e. The summed E-state index contributed by atoms with van der Waals surface area (Å²) in [4.78, 5) is 0. The van der Waals surface area contributed by atoms with Crippen LogP contribution in [0.3, 0.4) is 0 Å². The summed E-state index contributed by atoms with van der Waals surface area (Å²) in [6, 6.07) is 0. The molecule has 1 unspecified atom stereocenters. The third-order valence-corrected chi connectivity index (χ3v) is 3.51. The zero-order chi connectivity index (χ0) is 17.2. The van der Waals surface area contributed by atoms with E-state index in [1.54, 1.807) is 0 Å². The Bertz CT molecular complexity index is 335. The maximum Gasteiger partial charge on any atom is 0.186 e. The smallest absolute Gasteiger partial charge is 0.186 e. The fraction of sp³-hybridized carbons (Fsp3) is 0.867. The third-order valence-electron chi connectivity index (χ3n) is 3.51. The number of hydrogen-bond donors (Lipinski definition) is 5. The zero-order valence-electron chi connectivity index (χ0n) is 13.3. The molecule has 5 N–H and O–H groups in total. The van der Waals surface area contributed by atoms with Crippen LogP contribution < -0.4 is 0 Å². The largest absolute Gasteiger partial charge is 0.499 e. The second kappa shape index (κ2) is 10.9. The highest BCUT2D eigenvalue weighted by atomic mass is 16.7. The topological polar surface area (TPSA) is 129 Å². The lowest BCUT2D eigenvalue weighted by atomic mass is 9.99. The van der Waals surface area contributed by atoms with Crippen LogP contribution in [-0.4, -0.2) is 82.2 Å². The van der Waals surface area contributed by atoms with Crippen LogP contribution in [0.15, 0.2) is 12.3 Å². The van der Waals surface area contributed by atoms with E-state index in [9.17, 15) is 20.4 Å². The highest BCUT2D eigenvalue weighted by Crippen LogP contribution is 2.21. The number of aliphatic hydroxyl groups is 5. The molecular formula is C15H28O8. The second-order valence-electron chi connectivity index (χ2n) is 5.53. The molecule has 0 aromatic rings. The van der Waals surface area contributed by atoms with Crippen LogP contribution in [0.25, 0.3) is 0 Å². The van der Waals surface area contributed by atoms with Crippen LogP contribution in [0.1, 0.15) is 26.2 Å². The Hall–Kier alpha value is -0.740. The summed E-state index contributed by atoms with van der Waals surface area (Å²) in [5, 5.41) is 47.8. The molecule has 23 heavy (non-hydrogen) atoms. The van der Waals surface area contributed by atoms with Gasteiger partial charge in [-0.05, 0) is 18.9 Å². The fourth-order valence-corrected chi connectivity index (χ4v) is 2.08. The van der Waals surface area contributed by atoms with Gasteiger partial charge in [-0.2, -0.15) is 0 Å². The lowest BCUT2D eigenvalue weighted by Gasteiger charge is -2.39. The van der Waals surface area contributed by atoms with Crippen LogP contribution in [0, 0.1) is 0 Å². The molecule has 1 aliphatic rings. The van der Waals surface area contributed by atoms with E-state index in [1.807, 2.05) is 6.08 Å². The highest BCUT2D eigenvalue weighted by molar-refractivity contribution is 4.88. The van der Waals surface area contributed by atoms with Gasteiger partial charge >= 0.3 is 0 Å². The van der Waals surface area contributed by atoms with Crippen LogP contribution >= 0.6 is 0 Å². The fourth-order valence-electron chi connectivity index (χ4n) is 2.08. The lowest BCUT2D eigenvalue weighted by molar-refractivity contribution is -0.304. The average Bonchev–Trinajstić information content (AvgIpc) is 2.55. The molecule has 1 aliphatic heterocycles. The van der Waals surface area contributed by atoms with Gasteiger partial charge in [-0.1, -0.05) is 13.3 Å². The molecule has 0 aromatic heterocycles. The van der Waals surface area contributed by atoms with E-state index in [4.69, 9.17) is 19.3 Å². The van der Waals surface area contributed by atoms with E-state index < -0.39 is 43.4 Å². The van der Waals surface area contributed by atoms with Gasteiger partial charge < -0.3 is 39.7 Å². The summed E-state index contributed by atoms with van der Waals surface area (Å²) in [6.07, 6.45) is -1.17. The maximum absolute atomic E-state index is 9.76. The van der Waals surface area contributed by atoms with Gasteiger partial charge in [0.1, 0.15) is 37.1 Å². The van der Waals surface area contributed by atoms with E-state index in [2.05, 4.69) is 6.92 Å². The van der Waals surface area contributed by atoms with Gasteiger partial charge in [0.2, 0.25) is 0 Å². The van der Waals surface area contributed by atoms with Crippen molar-refractivity contribution >= 4 is 0 Å². The molecule has 0 spiro atoms. The SMILES string of the molecule is CCCCC=COCC(O)CO[C@H]1O[C@H](CO)[C@H](O)[C@H](O)[C@H]1O. The van der Waals surface area contributed by atoms with Gasteiger partial charge in [-0.25, -0.2) is 0 Å². The van der Waals surface area contributed by atoms with Crippen LogP contribution in [-0.2, 0) is 14.2 Å². The average molecular weight is 336 g/mol. The highest BCUT2D eigenvalue weighted by Gasteiger charge is 2.44. The molecule has 0 aromatic carbocycles. The molecule has 6 atom stereocenters. The Labute approximate surface area is 135 Å². The first-order valence-electron chi connectivity index (χ1n) is 7.88. The van der Waals surface area contributed by atoms with Crippen molar-refractivity contribution in [2.45, 2.75) is 63.0 Å². The summed E-state index contributed by atoms with van der Waals surface area (Å²) >= 11 is 0.